The third kappa shape index (κ3) is 13.7. The van der Waals surface area contributed by atoms with Crippen molar-refractivity contribution >= 4 is 76.8 Å². The molecule has 0 saturated heterocycles. The number of hydrogen-bond donors (Lipinski definition) is 5. The van der Waals surface area contributed by atoms with Crippen molar-refractivity contribution in [2.45, 2.75) is 93.5 Å². The van der Waals surface area contributed by atoms with Gasteiger partial charge in [0, 0.05) is 110 Å². The lowest BCUT2D eigenvalue weighted by Crippen LogP contribution is -2.24. The fraction of sp³-hybridized carbons (Fsp3) is 0.294. The molecule has 0 aliphatic carbocycles. The first kappa shape index (κ1) is 51.7. The zero-order chi connectivity index (χ0) is 48.7. The molecule has 8 aromatic heterocycles. The summed E-state index contributed by atoms with van der Waals surface area (Å²) in [6.45, 7) is 16.5. The number of carbonyl (C=O) groups is 2. The summed E-state index contributed by atoms with van der Waals surface area (Å²) in [6, 6.07) is 19.5. The molecular formula is C51H60Cl2N12O3Si. The van der Waals surface area contributed by atoms with E-state index in [1.807, 2.05) is 74.9 Å². The Morgan fingerprint density at radius 1 is 0.710 bits per heavy atom. The number of aromatic nitrogens is 8. The Kier molecular flexibility index (Phi) is 16.9. The largest absolute Gasteiger partial charge is 0.384 e. The smallest absolute Gasteiger partial charge is 0.251 e. The number of H-pyrrole nitrogens is 1. The zero-order valence-corrected chi connectivity index (χ0v) is 41.8. The summed E-state index contributed by atoms with van der Waals surface area (Å²) in [5, 5.41) is 8.96. The van der Waals surface area contributed by atoms with Gasteiger partial charge in [-0.2, -0.15) is 0 Å². The second-order valence-corrected chi connectivity index (χ2v) is 24.5. The van der Waals surface area contributed by atoms with Crippen LogP contribution in [0.1, 0.15) is 84.3 Å². The SMILES string of the molecule is C.Cc1cc(N)nc(C)c1CNC(=O)c1ccnc(Cc2cnc3[nH]c(Cl)cc3c2)c1.Cc1cc(N)nc(C)c1CNC(=O)c1ccnc(Cc2cnc3c(c2)cc(Cl)n3COCC[Si](C)(C)C)c1. The van der Waals surface area contributed by atoms with Crippen molar-refractivity contribution in [3.05, 3.63) is 163 Å². The number of anilines is 2. The zero-order valence-electron chi connectivity index (χ0n) is 39.3. The highest BCUT2D eigenvalue weighted by atomic mass is 35.5. The van der Waals surface area contributed by atoms with Crippen molar-refractivity contribution in [2.24, 2.45) is 0 Å². The number of nitrogens with one attached hydrogen (secondary N) is 3. The Bertz CT molecular complexity index is 3080. The average Bonchev–Trinajstić information content (AvgIpc) is 3.80. The molecule has 0 aliphatic heterocycles. The van der Waals surface area contributed by atoms with Crippen LogP contribution in [0.3, 0.4) is 0 Å². The molecule has 8 heterocycles. The molecule has 69 heavy (non-hydrogen) atoms. The molecule has 0 radical (unpaired) electrons. The number of halogens is 2. The van der Waals surface area contributed by atoms with Gasteiger partial charge in [-0.1, -0.05) is 50.3 Å². The van der Waals surface area contributed by atoms with Crippen LogP contribution in [0, 0.1) is 27.7 Å². The third-order valence-electron chi connectivity index (χ3n) is 11.4. The Hall–Kier alpha value is -6.72. The van der Waals surface area contributed by atoms with Gasteiger partial charge in [0.05, 0.1) is 0 Å². The van der Waals surface area contributed by atoms with Gasteiger partial charge in [-0.15, -0.1) is 0 Å². The Morgan fingerprint density at radius 3 is 1.75 bits per heavy atom. The lowest BCUT2D eigenvalue weighted by Gasteiger charge is -2.16. The topological polar surface area (TPSA) is 218 Å². The van der Waals surface area contributed by atoms with E-state index in [4.69, 9.17) is 39.4 Å². The van der Waals surface area contributed by atoms with Gasteiger partial charge in [0.2, 0.25) is 0 Å². The van der Waals surface area contributed by atoms with Crippen molar-refractivity contribution in [2.75, 3.05) is 18.1 Å². The first-order valence-electron chi connectivity index (χ1n) is 22.1. The molecule has 0 spiro atoms. The van der Waals surface area contributed by atoms with Crippen LogP contribution < -0.4 is 22.1 Å². The maximum Gasteiger partial charge on any atom is 0.251 e. The van der Waals surface area contributed by atoms with E-state index in [9.17, 15) is 9.59 Å². The summed E-state index contributed by atoms with van der Waals surface area (Å²) >= 11 is 12.5. The number of amides is 2. The number of ether oxygens (including phenoxy) is 1. The number of aryl methyl sites for hydroxylation is 4. The fourth-order valence-corrected chi connectivity index (χ4v) is 8.95. The van der Waals surface area contributed by atoms with Crippen LogP contribution in [0.5, 0.6) is 0 Å². The molecule has 0 atom stereocenters. The molecule has 8 rings (SSSR count). The van der Waals surface area contributed by atoms with Crippen molar-refractivity contribution in [3.63, 3.8) is 0 Å². The Balaban J connectivity index is 0.000000229. The number of aromatic amines is 1. The summed E-state index contributed by atoms with van der Waals surface area (Å²) in [5.74, 6) is 0.621. The number of carbonyl (C=O) groups excluding carboxylic acids is 2. The van der Waals surface area contributed by atoms with Crippen molar-refractivity contribution in [3.8, 4) is 0 Å². The van der Waals surface area contributed by atoms with Crippen molar-refractivity contribution in [1.82, 2.24) is 50.1 Å². The van der Waals surface area contributed by atoms with E-state index in [-0.39, 0.29) is 19.2 Å². The van der Waals surface area contributed by atoms with E-state index in [2.05, 4.69) is 71.2 Å². The highest BCUT2D eigenvalue weighted by molar-refractivity contribution is 6.76. The molecule has 0 unspecified atom stereocenters. The normalized spacial score (nSPS) is 11.3. The molecular weight excluding hydrogens is 928 g/mol. The van der Waals surface area contributed by atoms with Crippen LogP contribution in [0.2, 0.25) is 36.0 Å². The predicted molar refractivity (Wildman–Crippen MR) is 279 cm³/mol. The number of fused-ring (bicyclic) bond motifs is 2. The minimum Gasteiger partial charge on any atom is -0.384 e. The van der Waals surface area contributed by atoms with Crippen LogP contribution in [-0.4, -0.2) is 66.0 Å². The molecule has 8 aromatic rings. The van der Waals surface area contributed by atoms with Crippen LogP contribution in [0.15, 0.2) is 85.5 Å². The summed E-state index contributed by atoms with van der Waals surface area (Å²) in [5.41, 5.74) is 23.3. The monoisotopic (exact) mass is 986 g/mol. The van der Waals surface area contributed by atoms with E-state index in [0.717, 1.165) is 90.9 Å². The van der Waals surface area contributed by atoms with E-state index < -0.39 is 8.07 Å². The predicted octanol–water partition coefficient (Wildman–Crippen LogP) is 9.87. The van der Waals surface area contributed by atoms with E-state index in [1.54, 1.807) is 36.8 Å². The molecule has 2 amide bonds. The standard InChI is InChI=1S/C28H35ClN6O2Si.C22H21ClN6O.CH4/c1-18-10-26(30)34-19(2)24(18)16-33-28(36)21-6-7-31-23(13-21)12-20-11-22-14-25(29)35(27(22)32-15-20)17-37-8-9-38(3,4)5;1-12-5-20(24)28-13(2)18(12)11-27-22(30)15-3-4-25-17(8-15)7-14-6-16-9-19(23)29-21(16)26-10-14;/h6-7,10-11,13-15H,8-9,12,16-17H2,1-5H3,(H2,30,34)(H,33,36);3-6,8-10H,7,11H2,1-2H3,(H2,24,28)(H,26,29)(H,27,30);1H4. The summed E-state index contributed by atoms with van der Waals surface area (Å²) < 4.78 is 7.77. The maximum atomic E-state index is 12.9. The Labute approximate surface area is 413 Å². The van der Waals surface area contributed by atoms with Gasteiger partial charge < -0.3 is 31.8 Å². The molecule has 15 nitrogen and oxygen atoms in total. The van der Waals surface area contributed by atoms with Crippen LogP contribution in [0.25, 0.3) is 22.1 Å². The number of pyridine rings is 6. The number of nitrogens with two attached hydrogens (primary N) is 2. The van der Waals surface area contributed by atoms with Gasteiger partial charge in [0.15, 0.2) is 0 Å². The third-order valence-corrected chi connectivity index (χ3v) is 13.6. The van der Waals surface area contributed by atoms with Crippen LogP contribution in [-0.2, 0) is 37.4 Å². The first-order chi connectivity index (χ1) is 32.4. The van der Waals surface area contributed by atoms with Crippen molar-refractivity contribution in [1.29, 1.82) is 0 Å². The minimum atomic E-state index is -1.15. The number of rotatable bonds is 15. The van der Waals surface area contributed by atoms with Gasteiger partial charge in [-0.05, 0) is 128 Å². The summed E-state index contributed by atoms with van der Waals surface area (Å²) in [4.78, 5) is 55.0. The van der Waals surface area contributed by atoms with Gasteiger partial charge in [-0.25, -0.2) is 19.9 Å². The molecule has 0 bridgehead atoms. The van der Waals surface area contributed by atoms with Crippen LogP contribution in [0.4, 0.5) is 11.6 Å². The van der Waals surface area contributed by atoms with Gasteiger partial charge in [0.25, 0.3) is 11.8 Å². The molecule has 7 N–H and O–H groups in total. The van der Waals surface area contributed by atoms with E-state index in [1.165, 1.54) is 0 Å². The van der Waals surface area contributed by atoms with Crippen molar-refractivity contribution < 1.29 is 14.3 Å². The van der Waals surface area contributed by atoms with Gasteiger partial charge >= 0.3 is 0 Å². The number of hydrogen-bond acceptors (Lipinski definition) is 11. The second-order valence-electron chi connectivity index (χ2n) is 18.0. The highest BCUT2D eigenvalue weighted by Crippen LogP contribution is 2.25. The molecule has 0 fully saturated rings. The Morgan fingerprint density at radius 2 is 1.23 bits per heavy atom. The van der Waals surface area contributed by atoms with E-state index >= 15 is 0 Å². The molecule has 0 aliphatic rings. The molecule has 360 valence electrons. The molecule has 0 saturated carbocycles. The maximum absolute atomic E-state index is 12.9. The highest BCUT2D eigenvalue weighted by Gasteiger charge is 2.16. The lowest BCUT2D eigenvalue weighted by atomic mass is 10.1. The van der Waals surface area contributed by atoms with Crippen LogP contribution >= 0.6 is 23.2 Å². The number of nitrogens with zero attached hydrogens (tertiary/aromatic N) is 7. The fourth-order valence-electron chi connectivity index (χ4n) is 7.74. The second kappa shape index (κ2) is 22.6. The number of nitrogen functional groups attached to an aromatic ring is 2. The van der Waals surface area contributed by atoms with Gasteiger partial charge in [0.1, 0.15) is 40.0 Å². The average molecular weight is 988 g/mol. The summed E-state index contributed by atoms with van der Waals surface area (Å²) in [7, 11) is -1.15. The quantitative estimate of drug-likeness (QED) is 0.0481. The van der Waals surface area contributed by atoms with E-state index in [0.29, 0.717) is 65.7 Å². The first-order valence-corrected chi connectivity index (χ1v) is 26.6. The van der Waals surface area contributed by atoms with Gasteiger partial charge in [-0.3, -0.25) is 24.1 Å². The molecule has 18 heteroatoms. The minimum absolute atomic E-state index is 0. The molecule has 0 aromatic carbocycles. The summed E-state index contributed by atoms with van der Waals surface area (Å²) in [6.07, 6.45) is 8.01. The lowest BCUT2D eigenvalue weighted by molar-refractivity contribution is 0.0900.